The fourth-order valence-corrected chi connectivity index (χ4v) is 11.6. The zero-order valence-electron chi connectivity index (χ0n) is 53.0. The highest BCUT2D eigenvalue weighted by atomic mass is 16.6. The molecule has 0 spiro atoms. The van der Waals surface area contributed by atoms with E-state index in [4.69, 9.17) is 28.4 Å². The number of unbranched alkanes of at least 4 members (excludes halogenated alkanes) is 32. The molecule has 3 aromatic rings. The van der Waals surface area contributed by atoms with Crippen LogP contribution in [0.5, 0.6) is 11.5 Å². The Morgan fingerprint density at radius 3 is 1.41 bits per heavy atom. The van der Waals surface area contributed by atoms with Gasteiger partial charge in [0.15, 0.2) is 0 Å². The van der Waals surface area contributed by atoms with Crippen molar-refractivity contribution >= 4 is 12.0 Å². The molecule has 1 heterocycles. The molecule has 470 valence electrons. The van der Waals surface area contributed by atoms with Crippen molar-refractivity contribution in [3.05, 3.63) is 95.6 Å². The van der Waals surface area contributed by atoms with Gasteiger partial charge in [-0.15, -0.1) is 0 Å². The smallest absolute Gasteiger partial charge is 0.407 e. The topological polar surface area (TPSA) is 125 Å². The predicted octanol–water partition coefficient (Wildman–Crippen LogP) is 18.7. The lowest BCUT2D eigenvalue weighted by atomic mass is 9.96. The first-order valence-electron chi connectivity index (χ1n) is 33.9. The number of benzene rings is 3. The highest BCUT2D eigenvalue weighted by molar-refractivity contribution is 5.77. The van der Waals surface area contributed by atoms with E-state index >= 15 is 0 Å². The van der Waals surface area contributed by atoms with Crippen molar-refractivity contribution < 1.29 is 43.1 Å². The monoisotopic (exact) mass is 1150 g/mol. The first-order chi connectivity index (χ1) is 40.9. The first-order valence-corrected chi connectivity index (χ1v) is 33.9. The summed E-state index contributed by atoms with van der Waals surface area (Å²) in [6.45, 7) is 7.16. The second-order valence-corrected chi connectivity index (χ2v) is 23.9. The van der Waals surface area contributed by atoms with Gasteiger partial charge in [-0.05, 0) is 73.1 Å². The number of amides is 2. The summed E-state index contributed by atoms with van der Waals surface area (Å²) in [5.74, 6) is 1.47. The number of rotatable bonds is 53. The van der Waals surface area contributed by atoms with Gasteiger partial charge in [0.1, 0.15) is 36.4 Å². The molecule has 11 nitrogen and oxygen atoms in total. The highest BCUT2D eigenvalue weighted by Gasteiger charge is 2.41. The molecule has 83 heavy (non-hydrogen) atoms. The standard InChI is InChI=1S/C72H118N2O9/c1-5-7-9-11-13-15-17-19-21-23-25-27-29-31-33-41-55-80-59-67(81-56-42-34-32-30-28-26-24-22-20-18-16-14-12-10-8-6-2)60-82-72(77)73-54-40-36-39-45-69(76)74-58-64(75)57-68(74)71(61-43-37-35-38-44-61)83-70(62-46-50-65(78-3)51-47-62)63-48-52-66(79-4)53-49-63/h35,37-38,43-44,46-53,64,67-68,70-71,75H,5-34,36,39-42,45,54-60H2,1-4H3,(H,73,77). The van der Waals surface area contributed by atoms with Gasteiger partial charge in [-0.3, -0.25) is 4.79 Å². The number of nitrogens with zero attached hydrogens (tertiary/aromatic N) is 1. The van der Waals surface area contributed by atoms with Crippen molar-refractivity contribution in [1.82, 2.24) is 10.2 Å². The number of hydrogen-bond donors (Lipinski definition) is 2. The van der Waals surface area contributed by atoms with Crippen molar-refractivity contribution in [2.75, 3.05) is 53.7 Å². The SMILES string of the molecule is CCCCCCCCCCCCCCCCCCOCC(COC(=O)NCCCCCC(=O)N1CC(O)CC1C(OC(c1ccc(OC)cc1)c1ccc(OC)cc1)c1ccccc1)OCCCCCCCCCCCCCCCCCC. The minimum atomic E-state index is -0.673. The lowest BCUT2D eigenvalue weighted by Crippen LogP contribution is -2.40. The summed E-state index contributed by atoms with van der Waals surface area (Å²) in [5, 5.41) is 14.0. The number of nitrogens with one attached hydrogen (secondary N) is 1. The Kier molecular flexibility index (Phi) is 41.3. The van der Waals surface area contributed by atoms with Crippen molar-refractivity contribution in [2.24, 2.45) is 0 Å². The van der Waals surface area contributed by atoms with Gasteiger partial charge in [-0.2, -0.15) is 0 Å². The fourth-order valence-electron chi connectivity index (χ4n) is 11.6. The van der Waals surface area contributed by atoms with E-state index in [9.17, 15) is 14.7 Å². The molecule has 1 aliphatic rings. The maximum Gasteiger partial charge on any atom is 0.407 e. The molecule has 0 radical (unpaired) electrons. The van der Waals surface area contributed by atoms with Gasteiger partial charge in [0.05, 0.1) is 33.0 Å². The molecule has 1 aliphatic heterocycles. The summed E-state index contributed by atoms with van der Waals surface area (Å²) in [7, 11) is 3.30. The molecule has 1 fully saturated rings. The Hall–Kier alpha value is -4.16. The quantitative estimate of drug-likeness (QED) is 0.0532. The zero-order valence-corrected chi connectivity index (χ0v) is 53.0. The normalized spacial score (nSPS) is 15.0. The van der Waals surface area contributed by atoms with Crippen LogP contribution in [0.2, 0.25) is 0 Å². The van der Waals surface area contributed by atoms with E-state index in [1.807, 2.05) is 83.8 Å². The Labute approximate surface area is 505 Å². The van der Waals surface area contributed by atoms with Crippen LogP contribution in [-0.2, 0) is 23.7 Å². The number of aliphatic hydroxyl groups excluding tert-OH is 1. The molecule has 0 saturated carbocycles. The van der Waals surface area contributed by atoms with Crippen LogP contribution in [0.25, 0.3) is 0 Å². The van der Waals surface area contributed by atoms with Crippen molar-refractivity contribution in [3.63, 3.8) is 0 Å². The Morgan fingerprint density at radius 1 is 0.518 bits per heavy atom. The van der Waals surface area contributed by atoms with Gasteiger partial charge >= 0.3 is 6.09 Å². The lowest BCUT2D eigenvalue weighted by Gasteiger charge is -2.35. The molecule has 4 atom stereocenters. The number of aliphatic hydroxyl groups is 1. The number of likely N-dealkylation sites (tertiary alicyclic amines) is 1. The van der Waals surface area contributed by atoms with Crippen LogP contribution in [0.15, 0.2) is 78.9 Å². The second-order valence-electron chi connectivity index (χ2n) is 23.9. The molecule has 0 bridgehead atoms. The molecular formula is C72H118N2O9. The van der Waals surface area contributed by atoms with Gasteiger partial charge in [0.2, 0.25) is 5.91 Å². The molecule has 2 amide bonds. The number of carbonyl (C=O) groups excluding carboxylic acids is 2. The number of alkyl carbamates (subject to hydrolysis) is 1. The van der Waals surface area contributed by atoms with E-state index in [1.54, 1.807) is 14.2 Å². The maximum absolute atomic E-state index is 14.1. The number of methoxy groups -OCH3 is 2. The molecule has 11 heteroatoms. The minimum Gasteiger partial charge on any atom is -0.497 e. The van der Waals surface area contributed by atoms with Crippen molar-refractivity contribution in [3.8, 4) is 11.5 Å². The lowest BCUT2D eigenvalue weighted by molar-refractivity contribution is -0.136. The highest BCUT2D eigenvalue weighted by Crippen LogP contribution is 2.40. The molecule has 0 aromatic heterocycles. The average Bonchev–Trinajstić information content (AvgIpc) is 4.11. The molecule has 4 unspecified atom stereocenters. The van der Waals surface area contributed by atoms with Crippen LogP contribution in [0, 0.1) is 0 Å². The van der Waals surface area contributed by atoms with Crippen LogP contribution < -0.4 is 14.8 Å². The predicted molar refractivity (Wildman–Crippen MR) is 342 cm³/mol. The van der Waals surface area contributed by atoms with Gasteiger partial charge in [0.25, 0.3) is 0 Å². The van der Waals surface area contributed by atoms with Crippen LogP contribution in [0.1, 0.15) is 280 Å². The third-order valence-corrected chi connectivity index (χ3v) is 16.8. The zero-order chi connectivity index (χ0) is 59.1. The second kappa shape index (κ2) is 48.0. The van der Waals surface area contributed by atoms with E-state index in [0.717, 1.165) is 53.9 Å². The van der Waals surface area contributed by atoms with Gasteiger partial charge in [0, 0.05) is 32.7 Å². The summed E-state index contributed by atoms with van der Waals surface area (Å²) < 4.78 is 36.2. The molecule has 2 N–H and O–H groups in total. The molecular weight excluding hydrogens is 1040 g/mol. The summed E-state index contributed by atoms with van der Waals surface area (Å²) in [5.41, 5.74) is 2.80. The third-order valence-electron chi connectivity index (χ3n) is 16.8. The summed E-state index contributed by atoms with van der Waals surface area (Å²) >= 11 is 0. The first kappa shape index (κ1) is 71.3. The largest absolute Gasteiger partial charge is 0.497 e. The number of β-amino-alcohol motifs (C(OH)–C–C–N with tert-alkyl or cyclic N) is 1. The molecule has 3 aromatic carbocycles. The van der Waals surface area contributed by atoms with E-state index in [-0.39, 0.29) is 31.2 Å². The number of carbonyl (C=O) groups is 2. The van der Waals surface area contributed by atoms with Crippen molar-refractivity contribution in [2.45, 2.75) is 282 Å². The minimum absolute atomic E-state index is 0.0171. The van der Waals surface area contributed by atoms with Gasteiger partial charge in [-0.25, -0.2) is 4.79 Å². The molecule has 4 rings (SSSR count). The summed E-state index contributed by atoms with van der Waals surface area (Å²) in [4.78, 5) is 28.9. The van der Waals surface area contributed by atoms with Crippen LogP contribution in [0.3, 0.4) is 0 Å². The van der Waals surface area contributed by atoms with E-state index in [0.29, 0.717) is 52.0 Å². The average molecular weight is 1160 g/mol. The van der Waals surface area contributed by atoms with Gasteiger partial charge < -0.3 is 43.7 Å². The van der Waals surface area contributed by atoms with E-state index in [2.05, 4.69) is 19.2 Å². The van der Waals surface area contributed by atoms with E-state index in [1.165, 1.54) is 186 Å². The Bertz CT molecular complexity index is 1940. The third kappa shape index (κ3) is 32.8. The summed E-state index contributed by atoms with van der Waals surface area (Å²) in [6, 6.07) is 25.3. The number of ether oxygens (including phenoxy) is 6. The van der Waals surface area contributed by atoms with Crippen molar-refractivity contribution in [1.29, 1.82) is 0 Å². The molecule has 1 saturated heterocycles. The summed E-state index contributed by atoms with van der Waals surface area (Å²) in [6.07, 6.45) is 43.1. The van der Waals surface area contributed by atoms with Gasteiger partial charge in [-0.1, -0.05) is 267 Å². The fraction of sp³-hybridized carbons (Fsp3) is 0.722. The molecule has 0 aliphatic carbocycles. The maximum atomic E-state index is 14.1. The van der Waals surface area contributed by atoms with Crippen LogP contribution in [0.4, 0.5) is 4.79 Å². The van der Waals surface area contributed by atoms with Crippen LogP contribution in [-0.4, -0.2) is 94.0 Å². The van der Waals surface area contributed by atoms with Crippen LogP contribution >= 0.6 is 0 Å². The Balaban J connectivity index is 1.16. The Morgan fingerprint density at radius 2 is 0.952 bits per heavy atom. The van der Waals surface area contributed by atoms with E-state index < -0.39 is 24.4 Å². The number of hydrogen-bond acceptors (Lipinski definition) is 9.